The molecule has 0 aromatic carbocycles. The van der Waals surface area contributed by atoms with Crippen molar-refractivity contribution >= 4 is 18.6 Å². The Hall–Kier alpha value is -1.04. The van der Waals surface area contributed by atoms with E-state index in [2.05, 4.69) is 22.9 Å². The number of carboxylic acid groups (broad SMARTS) is 1. The second-order valence-corrected chi connectivity index (χ2v) is 3.93. The predicted octanol–water partition coefficient (Wildman–Crippen LogP) is 0.857. The van der Waals surface area contributed by atoms with Crippen LogP contribution in [0.5, 0.6) is 0 Å². The molecule has 1 aromatic heterocycles. The molecule has 1 saturated carbocycles. The lowest BCUT2D eigenvalue weighted by Gasteiger charge is -2.33. The van der Waals surface area contributed by atoms with Gasteiger partial charge in [-0.1, -0.05) is 5.21 Å². The van der Waals surface area contributed by atoms with Gasteiger partial charge in [-0.05, 0) is 24.5 Å². The summed E-state index contributed by atoms with van der Waals surface area (Å²) in [7, 11) is 0. The van der Waals surface area contributed by atoms with E-state index in [1.807, 2.05) is 0 Å². The van der Waals surface area contributed by atoms with Crippen LogP contribution in [0.15, 0.2) is 6.20 Å². The van der Waals surface area contributed by atoms with Crippen LogP contribution in [0.3, 0.4) is 0 Å². The Labute approximate surface area is 86.5 Å². The molecule has 1 fully saturated rings. The maximum atomic E-state index is 10.5. The van der Waals surface area contributed by atoms with Crippen molar-refractivity contribution in [2.75, 3.05) is 5.75 Å². The van der Waals surface area contributed by atoms with Crippen LogP contribution in [0.1, 0.15) is 29.4 Å². The maximum Gasteiger partial charge on any atom is 0.358 e. The van der Waals surface area contributed by atoms with E-state index in [1.165, 1.54) is 6.20 Å². The Morgan fingerprint density at radius 3 is 2.93 bits per heavy atom. The number of carbonyl (C=O) groups is 1. The monoisotopic (exact) mass is 213 g/mol. The maximum absolute atomic E-state index is 10.5. The van der Waals surface area contributed by atoms with Crippen molar-refractivity contribution in [3.05, 3.63) is 11.9 Å². The fourth-order valence-electron chi connectivity index (χ4n) is 1.62. The summed E-state index contributed by atoms with van der Waals surface area (Å²) in [6.07, 6.45) is 3.53. The Kier molecular flexibility index (Phi) is 2.45. The Bertz CT molecular complexity index is 346. The van der Waals surface area contributed by atoms with Gasteiger partial charge in [0.05, 0.1) is 12.2 Å². The number of hydrogen-bond acceptors (Lipinski definition) is 4. The predicted molar refractivity (Wildman–Crippen MR) is 52.6 cm³/mol. The fraction of sp³-hybridized carbons (Fsp3) is 0.625. The molecule has 0 spiro atoms. The number of nitrogens with zero attached hydrogens (tertiary/aromatic N) is 3. The van der Waals surface area contributed by atoms with E-state index in [-0.39, 0.29) is 5.69 Å². The van der Waals surface area contributed by atoms with Crippen LogP contribution in [0.4, 0.5) is 0 Å². The zero-order valence-electron chi connectivity index (χ0n) is 7.50. The van der Waals surface area contributed by atoms with Crippen LogP contribution in [0.25, 0.3) is 0 Å². The van der Waals surface area contributed by atoms with Gasteiger partial charge < -0.3 is 5.11 Å². The van der Waals surface area contributed by atoms with Gasteiger partial charge in [0.15, 0.2) is 5.69 Å². The summed E-state index contributed by atoms with van der Waals surface area (Å²) >= 11 is 4.20. The molecule has 1 aromatic rings. The first-order chi connectivity index (χ1) is 6.70. The third-order valence-electron chi connectivity index (χ3n) is 2.57. The summed E-state index contributed by atoms with van der Waals surface area (Å²) in [5.41, 5.74) is 0.0133. The quantitative estimate of drug-likeness (QED) is 0.731. The molecule has 1 N–H and O–H groups in total. The zero-order valence-corrected chi connectivity index (χ0v) is 8.39. The molecular weight excluding hydrogens is 202 g/mol. The molecule has 0 atom stereocenters. The van der Waals surface area contributed by atoms with Crippen LogP contribution < -0.4 is 0 Å². The SMILES string of the molecule is O=C(O)c1cn(C2CC(CS)C2)nn1. The molecular formula is C8H11N3O2S. The molecule has 0 bridgehead atoms. The average Bonchev–Trinajstić information content (AvgIpc) is 2.51. The highest BCUT2D eigenvalue weighted by atomic mass is 32.1. The van der Waals surface area contributed by atoms with Gasteiger partial charge in [-0.15, -0.1) is 5.10 Å². The summed E-state index contributed by atoms with van der Waals surface area (Å²) in [6.45, 7) is 0. The fourth-order valence-corrected chi connectivity index (χ4v) is 1.92. The highest BCUT2D eigenvalue weighted by Crippen LogP contribution is 2.37. The van der Waals surface area contributed by atoms with E-state index >= 15 is 0 Å². The Morgan fingerprint density at radius 1 is 1.71 bits per heavy atom. The summed E-state index contributed by atoms with van der Waals surface area (Å²) in [5.74, 6) is 0.499. The number of rotatable bonds is 3. The summed E-state index contributed by atoms with van der Waals surface area (Å²) in [4.78, 5) is 10.5. The van der Waals surface area contributed by atoms with Gasteiger partial charge >= 0.3 is 5.97 Å². The van der Waals surface area contributed by atoms with Gasteiger partial charge in [0, 0.05) is 0 Å². The minimum atomic E-state index is -1.03. The van der Waals surface area contributed by atoms with Crippen molar-refractivity contribution in [2.24, 2.45) is 5.92 Å². The van der Waals surface area contributed by atoms with Crippen LogP contribution in [-0.4, -0.2) is 31.8 Å². The third kappa shape index (κ3) is 1.61. The molecule has 0 amide bonds. The summed E-state index contributed by atoms with van der Waals surface area (Å²) in [6, 6.07) is 0.313. The first-order valence-electron chi connectivity index (χ1n) is 4.46. The highest BCUT2D eigenvalue weighted by Gasteiger charge is 2.30. The van der Waals surface area contributed by atoms with Gasteiger partial charge in [0.1, 0.15) is 0 Å². The van der Waals surface area contributed by atoms with E-state index < -0.39 is 5.97 Å². The lowest BCUT2D eigenvalue weighted by molar-refractivity contribution is 0.0690. The topological polar surface area (TPSA) is 68.0 Å². The molecule has 76 valence electrons. The molecule has 0 unspecified atom stereocenters. The minimum Gasteiger partial charge on any atom is -0.476 e. The Morgan fingerprint density at radius 2 is 2.43 bits per heavy atom. The van der Waals surface area contributed by atoms with Gasteiger partial charge in [0.2, 0.25) is 0 Å². The first-order valence-corrected chi connectivity index (χ1v) is 5.10. The van der Waals surface area contributed by atoms with E-state index in [0.717, 1.165) is 18.6 Å². The zero-order chi connectivity index (χ0) is 10.1. The highest BCUT2D eigenvalue weighted by molar-refractivity contribution is 7.80. The number of hydrogen-bond donors (Lipinski definition) is 2. The molecule has 0 aliphatic heterocycles. The van der Waals surface area contributed by atoms with Crippen LogP contribution in [-0.2, 0) is 0 Å². The molecule has 6 heteroatoms. The number of thiol groups is 1. The number of carboxylic acids is 1. The van der Waals surface area contributed by atoms with Crippen molar-refractivity contribution in [2.45, 2.75) is 18.9 Å². The van der Waals surface area contributed by atoms with E-state index in [0.29, 0.717) is 12.0 Å². The summed E-state index contributed by atoms with van der Waals surface area (Å²) in [5, 5.41) is 16.0. The van der Waals surface area contributed by atoms with Crippen LogP contribution in [0, 0.1) is 5.92 Å². The van der Waals surface area contributed by atoms with Gasteiger partial charge in [-0.2, -0.15) is 12.6 Å². The summed E-state index contributed by atoms with van der Waals surface area (Å²) < 4.78 is 1.64. The van der Waals surface area contributed by atoms with E-state index in [1.54, 1.807) is 4.68 Å². The number of aromatic carboxylic acids is 1. The Balaban J connectivity index is 2.01. The lowest BCUT2D eigenvalue weighted by atomic mass is 9.82. The average molecular weight is 213 g/mol. The van der Waals surface area contributed by atoms with Crippen molar-refractivity contribution in [3.8, 4) is 0 Å². The van der Waals surface area contributed by atoms with E-state index in [4.69, 9.17) is 5.11 Å². The van der Waals surface area contributed by atoms with Gasteiger partial charge in [0.25, 0.3) is 0 Å². The van der Waals surface area contributed by atoms with Crippen molar-refractivity contribution < 1.29 is 9.90 Å². The number of aromatic nitrogens is 3. The standard InChI is InChI=1S/C8H11N3O2S/c12-8(13)7-3-11(10-9-7)6-1-5(2-6)4-14/h3,5-6,14H,1-2,4H2,(H,12,13). The third-order valence-corrected chi connectivity index (χ3v) is 3.09. The molecule has 1 aliphatic carbocycles. The second-order valence-electron chi connectivity index (χ2n) is 3.56. The second kappa shape index (κ2) is 3.61. The van der Waals surface area contributed by atoms with Crippen LogP contribution in [0.2, 0.25) is 0 Å². The normalized spacial score (nSPS) is 25.8. The van der Waals surface area contributed by atoms with Crippen molar-refractivity contribution in [1.82, 2.24) is 15.0 Å². The molecule has 1 aliphatic rings. The molecule has 1 heterocycles. The molecule has 0 saturated heterocycles. The lowest BCUT2D eigenvalue weighted by Crippen LogP contribution is -2.28. The molecule has 14 heavy (non-hydrogen) atoms. The van der Waals surface area contributed by atoms with Gasteiger partial charge in [-0.3, -0.25) is 0 Å². The smallest absolute Gasteiger partial charge is 0.358 e. The molecule has 2 rings (SSSR count). The van der Waals surface area contributed by atoms with Crippen LogP contribution >= 0.6 is 12.6 Å². The molecule has 5 nitrogen and oxygen atoms in total. The van der Waals surface area contributed by atoms with E-state index in [9.17, 15) is 4.79 Å². The van der Waals surface area contributed by atoms with Gasteiger partial charge in [-0.25, -0.2) is 9.48 Å². The first kappa shape index (κ1) is 9.51. The molecule has 0 radical (unpaired) electrons. The van der Waals surface area contributed by atoms with Crippen molar-refractivity contribution in [1.29, 1.82) is 0 Å². The minimum absolute atomic E-state index is 0.0133. The van der Waals surface area contributed by atoms with Crippen molar-refractivity contribution in [3.63, 3.8) is 0 Å². The largest absolute Gasteiger partial charge is 0.476 e.